The molecule has 0 radical (unpaired) electrons. The molecule has 0 saturated carbocycles. The van der Waals surface area contributed by atoms with Crippen molar-refractivity contribution in [3.05, 3.63) is 52.7 Å². The molecule has 2 aliphatic rings. The van der Waals surface area contributed by atoms with Crippen LogP contribution in [0.1, 0.15) is 67.5 Å². The summed E-state index contributed by atoms with van der Waals surface area (Å²) < 4.78 is 54.2. The number of anilines is 1. The summed E-state index contributed by atoms with van der Waals surface area (Å²) in [6.07, 6.45) is -2.98. The van der Waals surface area contributed by atoms with Crippen LogP contribution in [-0.4, -0.2) is 77.2 Å². The Kier molecular flexibility index (Phi) is 7.87. The first kappa shape index (κ1) is 26.8. The first-order valence-electron chi connectivity index (χ1n) is 12.5. The van der Waals surface area contributed by atoms with Crippen LogP contribution in [0.3, 0.4) is 0 Å². The summed E-state index contributed by atoms with van der Waals surface area (Å²) in [6, 6.07) is 3.11. The Morgan fingerprint density at radius 2 is 1.83 bits per heavy atom. The third-order valence-electron chi connectivity index (χ3n) is 7.59. The molecule has 1 aliphatic carbocycles. The molecular formula is C26H35F4N5O. The number of halogens is 4. The van der Waals surface area contributed by atoms with Crippen molar-refractivity contribution in [1.29, 1.82) is 0 Å². The van der Waals surface area contributed by atoms with Gasteiger partial charge in [0.2, 0.25) is 0 Å². The topological polar surface area (TPSA) is 55.7 Å². The second kappa shape index (κ2) is 10.6. The molecule has 2 heterocycles. The molecule has 1 N–H and O–H groups in total. The number of aromatic nitrogens is 2. The second-order valence-electron chi connectivity index (χ2n) is 10.4. The van der Waals surface area contributed by atoms with Crippen molar-refractivity contribution in [3.8, 4) is 0 Å². The lowest BCUT2D eigenvalue weighted by molar-refractivity contribution is -0.137. The average molecular weight is 510 g/mol. The van der Waals surface area contributed by atoms with Crippen molar-refractivity contribution in [2.24, 2.45) is 0 Å². The maximum absolute atomic E-state index is 14.9. The number of aliphatic hydroxyl groups is 1. The van der Waals surface area contributed by atoms with E-state index in [2.05, 4.69) is 31.6 Å². The molecule has 0 bridgehead atoms. The van der Waals surface area contributed by atoms with Crippen LogP contribution in [0.15, 0.2) is 24.5 Å². The highest BCUT2D eigenvalue weighted by Gasteiger charge is 2.35. The van der Waals surface area contributed by atoms with E-state index in [9.17, 15) is 22.7 Å². The first-order valence-corrected chi connectivity index (χ1v) is 12.5. The van der Waals surface area contributed by atoms with Crippen molar-refractivity contribution in [1.82, 2.24) is 19.8 Å². The smallest absolute Gasteiger partial charge is 0.387 e. The molecule has 1 aromatic carbocycles. The highest BCUT2D eigenvalue weighted by Crippen LogP contribution is 2.43. The number of benzene rings is 1. The van der Waals surface area contributed by atoms with Gasteiger partial charge in [-0.1, -0.05) is 13.0 Å². The van der Waals surface area contributed by atoms with Crippen LogP contribution in [0.5, 0.6) is 0 Å². The van der Waals surface area contributed by atoms with Crippen molar-refractivity contribution in [3.63, 3.8) is 0 Å². The van der Waals surface area contributed by atoms with Crippen LogP contribution in [-0.2, 0) is 6.18 Å². The minimum Gasteiger partial charge on any atom is -0.387 e. The Labute approximate surface area is 209 Å². The van der Waals surface area contributed by atoms with Gasteiger partial charge in [0.1, 0.15) is 18.0 Å². The Hall–Kier alpha value is -2.30. The van der Waals surface area contributed by atoms with Gasteiger partial charge in [-0.15, -0.1) is 0 Å². The van der Waals surface area contributed by atoms with E-state index in [-0.39, 0.29) is 17.9 Å². The third kappa shape index (κ3) is 5.65. The molecule has 4 rings (SSSR count). The largest absolute Gasteiger partial charge is 0.416 e. The SMILES string of the molecule is CC(C)N(C)C[C@H](CN1CCN(c2ncnc3c2[C@H](C)C[C@H]3O)CC1)c1ccc(C(F)(F)F)cc1F. The number of piperazine rings is 1. The molecule has 10 heteroatoms. The van der Waals surface area contributed by atoms with Gasteiger partial charge in [0, 0.05) is 56.8 Å². The summed E-state index contributed by atoms with van der Waals surface area (Å²) in [6.45, 7) is 10.1. The fourth-order valence-corrected chi connectivity index (χ4v) is 5.26. The van der Waals surface area contributed by atoms with Crippen LogP contribution in [0, 0.1) is 5.82 Å². The van der Waals surface area contributed by atoms with Crippen LogP contribution in [0.25, 0.3) is 0 Å². The number of hydrogen-bond donors (Lipinski definition) is 1. The van der Waals surface area contributed by atoms with Gasteiger partial charge in [-0.05, 0) is 50.9 Å². The molecule has 1 fully saturated rings. The average Bonchev–Trinajstić information content (AvgIpc) is 3.12. The number of nitrogens with zero attached hydrogens (tertiary/aromatic N) is 5. The summed E-state index contributed by atoms with van der Waals surface area (Å²) in [4.78, 5) is 15.4. The van der Waals surface area contributed by atoms with Gasteiger partial charge in [-0.3, -0.25) is 4.90 Å². The fourth-order valence-electron chi connectivity index (χ4n) is 5.26. The molecule has 0 spiro atoms. The zero-order valence-corrected chi connectivity index (χ0v) is 21.3. The van der Waals surface area contributed by atoms with Gasteiger partial charge in [0.05, 0.1) is 17.4 Å². The highest BCUT2D eigenvalue weighted by atomic mass is 19.4. The zero-order chi connectivity index (χ0) is 26.2. The van der Waals surface area contributed by atoms with E-state index in [0.717, 1.165) is 30.5 Å². The van der Waals surface area contributed by atoms with E-state index in [1.807, 2.05) is 20.9 Å². The van der Waals surface area contributed by atoms with Crippen molar-refractivity contribution in [2.75, 3.05) is 51.2 Å². The van der Waals surface area contributed by atoms with Gasteiger partial charge in [-0.25, -0.2) is 14.4 Å². The van der Waals surface area contributed by atoms with Gasteiger partial charge < -0.3 is 14.9 Å². The lowest BCUT2D eigenvalue weighted by atomic mass is 9.95. The summed E-state index contributed by atoms with van der Waals surface area (Å²) in [7, 11) is 1.95. The Morgan fingerprint density at radius 1 is 1.14 bits per heavy atom. The molecule has 198 valence electrons. The van der Waals surface area contributed by atoms with Gasteiger partial charge >= 0.3 is 6.18 Å². The normalized spacial score (nSPS) is 21.9. The van der Waals surface area contributed by atoms with Crippen molar-refractivity contribution in [2.45, 2.75) is 57.3 Å². The minimum absolute atomic E-state index is 0.183. The van der Waals surface area contributed by atoms with Crippen LogP contribution in [0.2, 0.25) is 0 Å². The summed E-state index contributed by atoms with van der Waals surface area (Å²) in [5.41, 5.74) is 1.07. The Bertz CT molecular complexity index is 1060. The molecule has 2 aromatic rings. The molecule has 1 saturated heterocycles. The zero-order valence-electron chi connectivity index (χ0n) is 21.3. The Morgan fingerprint density at radius 3 is 2.44 bits per heavy atom. The number of likely N-dealkylation sites (N-methyl/N-ethyl adjacent to an activating group) is 1. The number of hydrogen-bond acceptors (Lipinski definition) is 6. The van der Waals surface area contributed by atoms with E-state index in [1.165, 1.54) is 12.4 Å². The maximum Gasteiger partial charge on any atom is 0.416 e. The van der Waals surface area contributed by atoms with E-state index < -0.39 is 23.7 Å². The second-order valence-corrected chi connectivity index (χ2v) is 10.4. The molecule has 3 atom stereocenters. The molecular weight excluding hydrogens is 474 g/mol. The summed E-state index contributed by atoms with van der Waals surface area (Å²) >= 11 is 0. The molecule has 0 unspecified atom stereocenters. The first-order chi connectivity index (χ1) is 17.0. The lowest BCUT2D eigenvalue weighted by Crippen LogP contribution is -2.49. The van der Waals surface area contributed by atoms with Crippen LogP contribution in [0.4, 0.5) is 23.4 Å². The number of fused-ring (bicyclic) bond motifs is 1. The van der Waals surface area contributed by atoms with E-state index in [0.29, 0.717) is 49.9 Å². The predicted molar refractivity (Wildman–Crippen MR) is 131 cm³/mol. The van der Waals surface area contributed by atoms with Gasteiger partial charge in [0.25, 0.3) is 0 Å². The third-order valence-corrected chi connectivity index (χ3v) is 7.59. The van der Waals surface area contributed by atoms with Gasteiger partial charge in [-0.2, -0.15) is 13.2 Å². The number of aliphatic hydroxyl groups excluding tert-OH is 1. The fraction of sp³-hybridized carbons (Fsp3) is 0.615. The minimum atomic E-state index is -4.57. The molecule has 1 aliphatic heterocycles. The maximum atomic E-state index is 14.9. The van der Waals surface area contributed by atoms with E-state index >= 15 is 0 Å². The standard InChI is InChI=1S/C26H35F4N5O/c1-16(2)33(4)13-18(20-6-5-19(12-21(20)27)26(28,29)30)14-34-7-9-35(10-8-34)25-23-17(3)11-22(36)24(23)31-15-32-25/h5-6,12,15-18,22,36H,7-11,13-14H2,1-4H3/t17-,18-,22-/m1/s1. The summed E-state index contributed by atoms with van der Waals surface area (Å²) in [5.74, 6) is -0.0317. The van der Waals surface area contributed by atoms with E-state index in [1.54, 1.807) is 0 Å². The highest BCUT2D eigenvalue weighted by molar-refractivity contribution is 5.53. The van der Waals surface area contributed by atoms with Crippen LogP contribution >= 0.6 is 0 Å². The predicted octanol–water partition coefficient (Wildman–Crippen LogP) is 4.42. The monoisotopic (exact) mass is 509 g/mol. The van der Waals surface area contributed by atoms with Crippen molar-refractivity contribution < 1.29 is 22.7 Å². The molecule has 36 heavy (non-hydrogen) atoms. The van der Waals surface area contributed by atoms with E-state index in [4.69, 9.17) is 0 Å². The number of alkyl halides is 3. The molecule has 0 amide bonds. The van der Waals surface area contributed by atoms with Crippen LogP contribution < -0.4 is 4.90 Å². The van der Waals surface area contributed by atoms with Crippen molar-refractivity contribution >= 4 is 5.82 Å². The summed E-state index contributed by atoms with van der Waals surface area (Å²) in [5, 5.41) is 10.3. The molecule has 1 aromatic heterocycles. The number of rotatable bonds is 7. The quantitative estimate of drug-likeness (QED) is 0.558. The lowest BCUT2D eigenvalue weighted by Gasteiger charge is -2.39. The molecule has 6 nitrogen and oxygen atoms in total. The Balaban J connectivity index is 1.48. The van der Waals surface area contributed by atoms with Gasteiger partial charge in [0.15, 0.2) is 0 Å².